The molecule has 0 N–H and O–H groups in total. The van der Waals surface area contributed by atoms with Crippen LogP contribution in [0.1, 0.15) is 5.56 Å². The number of rotatable bonds is 4. The average Bonchev–Trinajstić information content (AvgIpc) is 3.26. The minimum atomic E-state index is 0.201. The summed E-state index contributed by atoms with van der Waals surface area (Å²) < 4.78 is 12.4. The molecule has 0 saturated heterocycles. The summed E-state index contributed by atoms with van der Waals surface area (Å²) in [5, 5.41) is 14.2. The molecule has 2 aromatic carbocycles. The number of ether oxygens (including phenoxy) is 2. The van der Waals surface area contributed by atoms with Gasteiger partial charge < -0.3 is 9.47 Å². The SMILES string of the molecule is CSc1nnc(-c2ccccc2)n1/N=C/c1cc2c(cc1Cl)OCO2. The minimum Gasteiger partial charge on any atom is -0.454 e. The Bertz CT molecular complexity index is 943. The van der Waals surface area contributed by atoms with Crippen LogP contribution in [0.15, 0.2) is 52.7 Å². The Morgan fingerprint density at radius 2 is 1.92 bits per heavy atom. The third kappa shape index (κ3) is 3.08. The van der Waals surface area contributed by atoms with Crippen molar-refractivity contribution in [3.63, 3.8) is 0 Å². The lowest BCUT2D eigenvalue weighted by atomic mass is 10.2. The normalized spacial score (nSPS) is 12.9. The molecular weight excluding hydrogens is 360 g/mol. The van der Waals surface area contributed by atoms with Gasteiger partial charge in [-0.25, -0.2) is 0 Å². The van der Waals surface area contributed by atoms with Crippen molar-refractivity contribution >= 4 is 29.6 Å². The molecule has 0 spiro atoms. The Balaban J connectivity index is 1.74. The summed E-state index contributed by atoms with van der Waals surface area (Å²) in [6.07, 6.45) is 3.60. The zero-order valence-electron chi connectivity index (χ0n) is 13.2. The van der Waals surface area contributed by atoms with Gasteiger partial charge in [0.25, 0.3) is 0 Å². The Morgan fingerprint density at radius 3 is 2.68 bits per heavy atom. The molecule has 25 heavy (non-hydrogen) atoms. The van der Waals surface area contributed by atoms with Crippen LogP contribution in [0, 0.1) is 0 Å². The van der Waals surface area contributed by atoms with Gasteiger partial charge in [0.1, 0.15) is 0 Å². The van der Waals surface area contributed by atoms with Gasteiger partial charge in [-0.05, 0) is 12.3 Å². The summed E-state index contributed by atoms with van der Waals surface area (Å²) in [7, 11) is 0. The molecule has 2 heterocycles. The van der Waals surface area contributed by atoms with Crippen LogP contribution in [0.4, 0.5) is 0 Å². The zero-order chi connectivity index (χ0) is 17.2. The molecule has 0 radical (unpaired) electrons. The molecule has 0 amide bonds. The number of hydrogen-bond acceptors (Lipinski definition) is 6. The molecule has 0 atom stereocenters. The van der Waals surface area contributed by atoms with Gasteiger partial charge in [-0.2, -0.15) is 9.78 Å². The minimum absolute atomic E-state index is 0.201. The lowest BCUT2D eigenvalue weighted by molar-refractivity contribution is 0.174. The molecule has 0 unspecified atom stereocenters. The number of aromatic nitrogens is 3. The highest BCUT2D eigenvalue weighted by atomic mass is 35.5. The maximum atomic E-state index is 6.31. The van der Waals surface area contributed by atoms with Gasteiger partial charge in [-0.15, -0.1) is 10.2 Å². The molecule has 0 fully saturated rings. The quantitative estimate of drug-likeness (QED) is 0.513. The standard InChI is InChI=1S/C17H13ClN4O2S/c1-25-17-21-20-16(11-5-3-2-4-6-11)22(17)19-9-12-7-14-15(8-13(12)18)24-10-23-14/h2-9H,10H2,1H3/b19-9+. The zero-order valence-corrected chi connectivity index (χ0v) is 14.8. The lowest BCUT2D eigenvalue weighted by Gasteiger charge is -2.04. The number of halogens is 1. The van der Waals surface area contributed by atoms with E-state index in [-0.39, 0.29) is 6.79 Å². The largest absolute Gasteiger partial charge is 0.454 e. The summed E-state index contributed by atoms with van der Waals surface area (Å²) in [6, 6.07) is 13.3. The highest BCUT2D eigenvalue weighted by Crippen LogP contribution is 2.36. The van der Waals surface area contributed by atoms with Crippen LogP contribution in [-0.4, -0.2) is 34.1 Å². The van der Waals surface area contributed by atoms with Gasteiger partial charge >= 0.3 is 0 Å². The van der Waals surface area contributed by atoms with Crippen molar-refractivity contribution in [3.05, 3.63) is 53.1 Å². The number of fused-ring (bicyclic) bond motifs is 1. The van der Waals surface area contributed by atoms with E-state index in [0.29, 0.717) is 27.5 Å². The summed E-state index contributed by atoms with van der Waals surface area (Å²) in [5.41, 5.74) is 1.66. The highest BCUT2D eigenvalue weighted by Gasteiger charge is 2.16. The first-order chi connectivity index (χ1) is 12.3. The maximum Gasteiger partial charge on any atom is 0.231 e. The van der Waals surface area contributed by atoms with Gasteiger partial charge in [-0.3, -0.25) is 0 Å². The number of hydrogen-bond donors (Lipinski definition) is 0. The van der Waals surface area contributed by atoms with Crippen molar-refractivity contribution in [1.29, 1.82) is 0 Å². The first-order valence-corrected chi connectivity index (χ1v) is 9.05. The maximum absolute atomic E-state index is 6.31. The van der Waals surface area contributed by atoms with E-state index in [1.165, 1.54) is 11.8 Å². The van der Waals surface area contributed by atoms with Crippen LogP contribution >= 0.6 is 23.4 Å². The number of benzene rings is 2. The molecule has 8 heteroatoms. The van der Waals surface area contributed by atoms with Crippen LogP contribution < -0.4 is 9.47 Å². The second-order valence-electron chi connectivity index (χ2n) is 5.16. The summed E-state index contributed by atoms with van der Waals surface area (Å²) in [4.78, 5) is 0. The molecule has 126 valence electrons. The monoisotopic (exact) mass is 372 g/mol. The van der Waals surface area contributed by atoms with E-state index >= 15 is 0 Å². The van der Waals surface area contributed by atoms with Crippen molar-refractivity contribution in [1.82, 2.24) is 14.9 Å². The van der Waals surface area contributed by atoms with E-state index in [1.54, 1.807) is 23.0 Å². The topological polar surface area (TPSA) is 61.5 Å². The molecule has 0 bridgehead atoms. The summed E-state index contributed by atoms with van der Waals surface area (Å²) in [5.74, 6) is 1.96. The van der Waals surface area contributed by atoms with E-state index in [0.717, 1.165) is 11.1 Å². The van der Waals surface area contributed by atoms with Gasteiger partial charge in [0, 0.05) is 17.2 Å². The number of nitrogens with zero attached hydrogens (tertiary/aromatic N) is 4. The van der Waals surface area contributed by atoms with Crippen molar-refractivity contribution < 1.29 is 9.47 Å². The third-order valence-electron chi connectivity index (χ3n) is 3.63. The molecule has 4 rings (SSSR count). The molecule has 1 aliphatic rings. The van der Waals surface area contributed by atoms with E-state index in [9.17, 15) is 0 Å². The Labute approximate surface area is 153 Å². The van der Waals surface area contributed by atoms with E-state index in [2.05, 4.69) is 15.3 Å². The molecule has 6 nitrogen and oxygen atoms in total. The Morgan fingerprint density at radius 1 is 1.16 bits per heavy atom. The highest BCUT2D eigenvalue weighted by molar-refractivity contribution is 7.98. The van der Waals surface area contributed by atoms with Crippen molar-refractivity contribution in [2.24, 2.45) is 5.10 Å². The molecule has 0 aliphatic carbocycles. The van der Waals surface area contributed by atoms with Gasteiger partial charge in [0.05, 0.1) is 11.2 Å². The fourth-order valence-electron chi connectivity index (χ4n) is 2.42. The second-order valence-corrected chi connectivity index (χ2v) is 6.34. The smallest absolute Gasteiger partial charge is 0.231 e. The van der Waals surface area contributed by atoms with E-state index in [4.69, 9.17) is 21.1 Å². The molecule has 3 aromatic rings. The molecule has 1 aromatic heterocycles. The van der Waals surface area contributed by atoms with Crippen molar-refractivity contribution in [2.75, 3.05) is 13.0 Å². The van der Waals surface area contributed by atoms with E-state index in [1.807, 2.05) is 36.6 Å². The molecule has 0 saturated carbocycles. The van der Waals surface area contributed by atoms with Gasteiger partial charge in [0.2, 0.25) is 11.9 Å². The second kappa shape index (κ2) is 6.78. The Hall–Kier alpha value is -2.51. The van der Waals surface area contributed by atoms with Crippen LogP contribution in [0.3, 0.4) is 0 Å². The van der Waals surface area contributed by atoms with Crippen LogP contribution in [-0.2, 0) is 0 Å². The Kier molecular flexibility index (Phi) is 4.33. The summed E-state index contributed by atoms with van der Waals surface area (Å²) in [6.45, 7) is 0.201. The fourth-order valence-corrected chi connectivity index (χ4v) is 3.05. The third-order valence-corrected chi connectivity index (χ3v) is 4.58. The predicted octanol–water partition coefficient (Wildman–Crippen LogP) is 3.93. The first kappa shape index (κ1) is 16.0. The summed E-state index contributed by atoms with van der Waals surface area (Å²) >= 11 is 7.77. The van der Waals surface area contributed by atoms with Gasteiger partial charge in [0.15, 0.2) is 17.3 Å². The van der Waals surface area contributed by atoms with Crippen molar-refractivity contribution in [2.45, 2.75) is 5.16 Å². The van der Waals surface area contributed by atoms with Crippen molar-refractivity contribution in [3.8, 4) is 22.9 Å². The molecule has 1 aliphatic heterocycles. The first-order valence-electron chi connectivity index (χ1n) is 7.44. The number of thioether (sulfide) groups is 1. The lowest BCUT2D eigenvalue weighted by Crippen LogP contribution is -1.97. The van der Waals surface area contributed by atoms with Crippen LogP contribution in [0.5, 0.6) is 11.5 Å². The predicted molar refractivity (Wildman–Crippen MR) is 97.8 cm³/mol. The van der Waals surface area contributed by atoms with E-state index < -0.39 is 0 Å². The van der Waals surface area contributed by atoms with Gasteiger partial charge in [-0.1, -0.05) is 53.7 Å². The average molecular weight is 373 g/mol. The van der Waals surface area contributed by atoms with Crippen LogP contribution in [0.2, 0.25) is 5.02 Å². The molecular formula is C17H13ClN4O2S. The van der Waals surface area contributed by atoms with Crippen LogP contribution in [0.25, 0.3) is 11.4 Å². The fraction of sp³-hybridized carbons (Fsp3) is 0.118.